The summed E-state index contributed by atoms with van der Waals surface area (Å²) in [6.45, 7) is 6.64. The second kappa shape index (κ2) is 7.81. The zero-order valence-corrected chi connectivity index (χ0v) is 15.4. The van der Waals surface area contributed by atoms with Crippen LogP contribution in [0.25, 0.3) is 0 Å². The molecule has 0 fully saturated rings. The Labute approximate surface area is 145 Å². The normalized spacial score (nSPS) is 17.0. The van der Waals surface area contributed by atoms with Crippen LogP contribution in [0.2, 0.25) is 0 Å². The summed E-state index contributed by atoms with van der Waals surface area (Å²) >= 11 is 0. The number of rotatable bonds is 5. The molecule has 0 spiro atoms. The minimum atomic E-state index is -5.63. The number of nitrogens with zero attached hydrogens (tertiary/aromatic N) is 2. The highest BCUT2D eigenvalue weighted by molar-refractivity contribution is 7.87. The first-order valence-corrected chi connectivity index (χ1v) is 8.98. The van der Waals surface area contributed by atoms with Gasteiger partial charge in [-0.25, -0.2) is 4.79 Å². The summed E-state index contributed by atoms with van der Waals surface area (Å²) in [5, 5.41) is 0. The molecule has 1 heterocycles. The Morgan fingerprint density at radius 1 is 1.32 bits per heavy atom. The monoisotopic (exact) mass is 388 g/mol. The Morgan fingerprint density at radius 2 is 1.92 bits per heavy atom. The number of alkyl halides is 3. The van der Waals surface area contributed by atoms with E-state index in [1.54, 1.807) is 27.8 Å². The lowest BCUT2D eigenvalue weighted by Gasteiger charge is -2.29. The van der Waals surface area contributed by atoms with Crippen LogP contribution in [-0.2, 0) is 19.0 Å². The van der Waals surface area contributed by atoms with E-state index in [1.165, 1.54) is 11.0 Å². The first-order valence-electron chi connectivity index (χ1n) is 7.57. The second-order valence-electron chi connectivity index (χ2n) is 6.61. The van der Waals surface area contributed by atoms with Crippen LogP contribution in [0.5, 0.6) is 0 Å². The molecule has 1 amide bonds. The molecule has 0 bridgehead atoms. The number of hydrogen-bond donors (Lipinski definition) is 0. The summed E-state index contributed by atoms with van der Waals surface area (Å²) in [4.78, 5) is 15.1. The van der Waals surface area contributed by atoms with Gasteiger partial charge in [-0.05, 0) is 26.8 Å². The smallest absolute Gasteiger partial charge is 0.444 e. The van der Waals surface area contributed by atoms with E-state index in [0.717, 1.165) is 0 Å². The van der Waals surface area contributed by atoms with Gasteiger partial charge in [0.15, 0.2) is 0 Å². The van der Waals surface area contributed by atoms with Crippen molar-refractivity contribution in [2.75, 3.05) is 33.2 Å². The molecule has 0 atom stereocenters. The molecule has 1 aliphatic heterocycles. The van der Waals surface area contributed by atoms with E-state index in [0.29, 0.717) is 19.6 Å². The minimum Gasteiger partial charge on any atom is -0.444 e. The van der Waals surface area contributed by atoms with Crippen molar-refractivity contribution in [2.24, 2.45) is 0 Å². The Balaban J connectivity index is 2.47. The van der Waals surface area contributed by atoms with Gasteiger partial charge in [0.05, 0.1) is 0 Å². The van der Waals surface area contributed by atoms with Gasteiger partial charge >= 0.3 is 21.7 Å². The molecule has 11 heteroatoms. The van der Waals surface area contributed by atoms with Gasteiger partial charge in [-0.1, -0.05) is 0 Å². The van der Waals surface area contributed by atoms with Crippen LogP contribution in [-0.4, -0.2) is 68.6 Å². The van der Waals surface area contributed by atoms with E-state index >= 15 is 0 Å². The van der Waals surface area contributed by atoms with Gasteiger partial charge < -0.3 is 13.8 Å². The van der Waals surface area contributed by atoms with E-state index in [9.17, 15) is 26.4 Å². The standard InChI is InChI=1S/C14H23F3N2O5S/c1-13(2,3)23-12(20)18(4)9-10-19-7-5-11(6-8-19)24-25(21,22)14(15,16)17/h5H,6-10H2,1-4H3. The topological polar surface area (TPSA) is 76.2 Å². The van der Waals surface area contributed by atoms with Gasteiger partial charge in [0.1, 0.15) is 11.4 Å². The van der Waals surface area contributed by atoms with Gasteiger partial charge in [0.25, 0.3) is 0 Å². The molecule has 0 aliphatic carbocycles. The van der Waals surface area contributed by atoms with E-state index < -0.39 is 27.3 Å². The van der Waals surface area contributed by atoms with E-state index in [2.05, 4.69) is 4.18 Å². The van der Waals surface area contributed by atoms with Crippen molar-refractivity contribution >= 4 is 16.2 Å². The summed E-state index contributed by atoms with van der Waals surface area (Å²) in [6, 6.07) is 0. The van der Waals surface area contributed by atoms with Gasteiger partial charge in [0, 0.05) is 39.6 Å². The maximum atomic E-state index is 12.3. The van der Waals surface area contributed by atoms with E-state index in [-0.39, 0.29) is 18.7 Å². The number of likely N-dealkylation sites (N-methyl/N-ethyl adjacent to an activating group) is 1. The first-order chi connectivity index (χ1) is 11.2. The summed E-state index contributed by atoms with van der Waals surface area (Å²) in [6.07, 6.45) is 0.853. The highest BCUT2D eigenvalue weighted by Gasteiger charge is 2.48. The third kappa shape index (κ3) is 7.10. The van der Waals surface area contributed by atoms with Gasteiger partial charge in [-0.15, -0.1) is 0 Å². The molecule has 0 saturated heterocycles. The molecule has 25 heavy (non-hydrogen) atoms. The van der Waals surface area contributed by atoms with Crippen LogP contribution in [0.4, 0.5) is 18.0 Å². The van der Waals surface area contributed by atoms with Crippen LogP contribution in [0, 0.1) is 0 Å². The molecule has 0 saturated carbocycles. The Kier molecular flexibility index (Phi) is 6.74. The molecule has 0 aromatic rings. The van der Waals surface area contributed by atoms with Crippen molar-refractivity contribution in [2.45, 2.75) is 38.3 Å². The second-order valence-corrected chi connectivity index (χ2v) is 8.14. The summed E-state index contributed by atoms with van der Waals surface area (Å²) in [5.74, 6) is -0.228. The average Bonchev–Trinajstić information content (AvgIpc) is 2.42. The number of carbonyl (C=O) groups is 1. The molecule has 0 radical (unpaired) electrons. The van der Waals surface area contributed by atoms with Crippen molar-refractivity contribution < 1.29 is 35.3 Å². The molecular weight excluding hydrogens is 365 g/mol. The molecule has 1 aliphatic rings. The Bertz CT molecular complexity index is 611. The number of ether oxygens (including phenoxy) is 1. The molecule has 7 nitrogen and oxygen atoms in total. The quantitative estimate of drug-likeness (QED) is 0.531. The van der Waals surface area contributed by atoms with Crippen LogP contribution >= 0.6 is 0 Å². The molecule has 0 aromatic heterocycles. The average molecular weight is 388 g/mol. The third-order valence-corrected chi connectivity index (χ3v) is 4.21. The number of amides is 1. The van der Waals surface area contributed by atoms with Crippen molar-refractivity contribution in [3.05, 3.63) is 11.8 Å². The molecule has 0 aromatic carbocycles. The van der Waals surface area contributed by atoms with Gasteiger partial charge in [-0.2, -0.15) is 21.6 Å². The molecule has 0 N–H and O–H groups in total. The molecular formula is C14H23F3N2O5S. The highest BCUT2D eigenvalue weighted by Crippen LogP contribution is 2.28. The fourth-order valence-electron chi connectivity index (χ4n) is 1.88. The summed E-state index contributed by atoms with van der Waals surface area (Å²) in [7, 11) is -4.04. The maximum absolute atomic E-state index is 12.3. The lowest BCUT2D eigenvalue weighted by atomic mass is 10.2. The fourth-order valence-corrected chi connectivity index (χ4v) is 2.41. The fraction of sp³-hybridized carbons (Fsp3) is 0.786. The van der Waals surface area contributed by atoms with Crippen molar-refractivity contribution in [3.63, 3.8) is 0 Å². The Hall–Kier alpha value is -1.49. The lowest BCUT2D eigenvalue weighted by molar-refractivity contribution is -0.0525. The Morgan fingerprint density at radius 3 is 2.36 bits per heavy atom. The number of hydrogen-bond acceptors (Lipinski definition) is 6. The zero-order chi connectivity index (χ0) is 19.5. The summed E-state index contributed by atoms with van der Waals surface area (Å²) in [5.41, 5.74) is -6.05. The summed E-state index contributed by atoms with van der Waals surface area (Å²) < 4.78 is 68.0. The van der Waals surface area contributed by atoms with Crippen LogP contribution in [0.15, 0.2) is 11.8 Å². The zero-order valence-electron chi connectivity index (χ0n) is 14.6. The van der Waals surface area contributed by atoms with E-state index in [1.807, 2.05) is 4.90 Å². The van der Waals surface area contributed by atoms with Gasteiger partial charge in [-0.3, -0.25) is 4.90 Å². The lowest BCUT2D eigenvalue weighted by Crippen LogP contribution is -2.40. The van der Waals surface area contributed by atoms with Gasteiger partial charge in [0.2, 0.25) is 0 Å². The molecule has 0 unspecified atom stereocenters. The minimum absolute atomic E-state index is 0.0332. The predicted molar refractivity (Wildman–Crippen MR) is 84.1 cm³/mol. The maximum Gasteiger partial charge on any atom is 0.534 e. The van der Waals surface area contributed by atoms with Crippen molar-refractivity contribution in [1.82, 2.24) is 9.80 Å². The number of carbonyl (C=O) groups excluding carboxylic acids is 1. The van der Waals surface area contributed by atoms with Crippen molar-refractivity contribution in [3.8, 4) is 0 Å². The molecule has 1 rings (SSSR count). The first kappa shape index (κ1) is 21.6. The van der Waals surface area contributed by atoms with Crippen LogP contribution in [0.1, 0.15) is 27.2 Å². The highest BCUT2D eigenvalue weighted by atomic mass is 32.2. The van der Waals surface area contributed by atoms with Crippen LogP contribution < -0.4 is 0 Å². The predicted octanol–water partition coefficient (Wildman–Crippen LogP) is 2.31. The van der Waals surface area contributed by atoms with Crippen LogP contribution in [0.3, 0.4) is 0 Å². The van der Waals surface area contributed by atoms with Crippen molar-refractivity contribution in [1.29, 1.82) is 0 Å². The third-order valence-electron chi connectivity index (χ3n) is 3.21. The number of halogens is 3. The largest absolute Gasteiger partial charge is 0.534 e. The van der Waals surface area contributed by atoms with E-state index in [4.69, 9.17) is 4.74 Å². The molecule has 146 valence electrons. The SMILES string of the molecule is CN(CCN1CC=C(OS(=O)(=O)C(F)(F)F)CC1)C(=O)OC(C)(C)C.